The number of anilines is 1. The molecule has 0 spiro atoms. The maximum Gasteiger partial charge on any atom is 0.253 e. The number of aliphatic hydroxyl groups excluding tert-OH is 1. The predicted octanol–water partition coefficient (Wildman–Crippen LogP) is 2.03. The van der Waals surface area contributed by atoms with Gasteiger partial charge in [0, 0.05) is 34.7 Å². The average molecular weight is 287 g/mol. The number of hydrogen-bond donors (Lipinski definition) is 4. The zero-order valence-electron chi connectivity index (χ0n) is 12.0. The summed E-state index contributed by atoms with van der Waals surface area (Å²) in [4.78, 5) is 15.5. The van der Waals surface area contributed by atoms with E-state index in [4.69, 9.17) is 5.73 Å². The van der Waals surface area contributed by atoms with E-state index in [0.717, 1.165) is 36.6 Å². The molecule has 1 aromatic heterocycles. The predicted molar refractivity (Wildman–Crippen MR) is 83.0 cm³/mol. The number of rotatable bonds is 4. The SMILES string of the molecule is Nc1ccc2[nH]cc(C(=O)NCC3(CO)CCCC3)c2c1. The molecule has 0 atom stereocenters. The van der Waals surface area contributed by atoms with Crippen LogP contribution in [0.15, 0.2) is 24.4 Å². The number of amides is 1. The number of hydrogen-bond acceptors (Lipinski definition) is 3. The molecule has 2 aromatic rings. The molecule has 3 rings (SSSR count). The van der Waals surface area contributed by atoms with Crippen LogP contribution in [0.25, 0.3) is 10.9 Å². The Morgan fingerprint density at radius 3 is 2.86 bits per heavy atom. The molecule has 1 aromatic carbocycles. The van der Waals surface area contributed by atoms with E-state index in [9.17, 15) is 9.90 Å². The van der Waals surface area contributed by atoms with Gasteiger partial charge in [-0.15, -0.1) is 0 Å². The number of carbonyl (C=O) groups is 1. The molecule has 21 heavy (non-hydrogen) atoms. The van der Waals surface area contributed by atoms with Gasteiger partial charge in [-0.05, 0) is 31.0 Å². The van der Waals surface area contributed by atoms with Gasteiger partial charge in [0.25, 0.3) is 5.91 Å². The van der Waals surface area contributed by atoms with Crippen LogP contribution in [0, 0.1) is 5.41 Å². The van der Waals surface area contributed by atoms with Crippen molar-refractivity contribution < 1.29 is 9.90 Å². The van der Waals surface area contributed by atoms with E-state index in [1.807, 2.05) is 6.07 Å². The lowest BCUT2D eigenvalue weighted by atomic mass is 9.87. The van der Waals surface area contributed by atoms with Gasteiger partial charge in [-0.3, -0.25) is 4.79 Å². The van der Waals surface area contributed by atoms with Crippen LogP contribution < -0.4 is 11.1 Å². The molecule has 0 radical (unpaired) electrons. The van der Waals surface area contributed by atoms with E-state index in [1.54, 1.807) is 18.3 Å². The summed E-state index contributed by atoms with van der Waals surface area (Å²) in [7, 11) is 0. The number of carbonyl (C=O) groups excluding carboxylic acids is 1. The van der Waals surface area contributed by atoms with Gasteiger partial charge < -0.3 is 21.1 Å². The highest BCUT2D eigenvalue weighted by molar-refractivity contribution is 6.07. The summed E-state index contributed by atoms with van der Waals surface area (Å²) < 4.78 is 0. The summed E-state index contributed by atoms with van der Waals surface area (Å²) in [6, 6.07) is 5.48. The number of nitrogen functional groups attached to an aromatic ring is 1. The number of aromatic amines is 1. The molecule has 5 heteroatoms. The van der Waals surface area contributed by atoms with Crippen LogP contribution in [0.3, 0.4) is 0 Å². The van der Waals surface area contributed by atoms with E-state index in [-0.39, 0.29) is 17.9 Å². The molecule has 0 saturated heterocycles. The summed E-state index contributed by atoms with van der Waals surface area (Å²) in [5.74, 6) is -0.119. The van der Waals surface area contributed by atoms with Crippen molar-refractivity contribution in [3.63, 3.8) is 0 Å². The lowest BCUT2D eigenvalue weighted by molar-refractivity contribution is 0.0882. The van der Waals surface area contributed by atoms with E-state index in [2.05, 4.69) is 10.3 Å². The van der Waals surface area contributed by atoms with Gasteiger partial charge >= 0.3 is 0 Å². The third-order valence-corrected chi connectivity index (χ3v) is 4.57. The average Bonchev–Trinajstić information content (AvgIpc) is 3.12. The second-order valence-electron chi connectivity index (χ2n) is 6.06. The van der Waals surface area contributed by atoms with E-state index in [0.29, 0.717) is 17.8 Å². The van der Waals surface area contributed by atoms with Crippen molar-refractivity contribution in [2.75, 3.05) is 18.9 Å². The molecule has 1 aliphatic carbocycles. The molecule has 5 N–H and O–H groups in total. The largest absolute Gasteiger partial charge is 0.399 e. The zero-order chi connectivity index (χ0) is 14.9. The summed E-state index contributed by atoms with van der Waals surface area (Å²) in [6.45, 7) is 0.658. The Bertz CT molecular complexity index is 657. The fourth-order valence-corrected chi connectivity index (χ4v) is 3.20. The monoisotopic (exact) mass is 287 g/mol. The van der Waals surface area contributed by atoms with Crippen molar-refractivity contribution in [2.24, 2.45) is 5.41 Å². The summed E-state index contributed by atoms with van der Waals surface area (Å²) in [5.41, 5.74) is 7.78. The molecule has 1 saturated carbocycles. The standard InChI is InChI=1S/C16H21N3O2/c17-11-3-4-14-12(7-11)13(8-18-14)15(21)19-9-16(10-20)5-1-2-6-16/h3-4,7-8,18,20H,1-2,5-6,9-10,17H2,(H,19,21). The van der Waals surface area contributed by atoms with Gasteiger partial charge in [-0.25, -0.2) is 0 Å². The number of aliphatic hydroxyl groups is 1. The van der Waals surface area contributed by atoms with E-state index >= 15 is 0 Å². The summed E-state index contributed by atoms with van der Waals surface area (Å²) in [6.07, 6.45) is 5.91. The van der Waals surface area contributed by atoms with Crippen LogP contribution in [0.4, 0.5) is 5.69 Å². The molecule has 1 fully saturated rings. The van der Waals surface area contributed by atoms with Gasteiger partial charge in [-0.1, -0.05) is 12.8 Å². The van der Waals surface area contributed by atoms with Crippen LogP contribution in [0.1, 0.15) is 36.0 Å². The normalized spacial score (nSPS) is 17.2. The molecule has 1 heterocycles. The minimum Gasteiger partial charge on any atom is -0.399 e. The van der Waals surface area contributed by atoms with Crippen molar-refractivity contribution in [1.29, 1.82) is 0 Å². The summed E-state index contributed by atoms with van der Waals surface area (Å²) >= 11 is 0. The first kappa shape index (κ1) is 13.9. The first-order valence-corrected chi connectivity index (χ1v) is 7.39. The molecule has 1 amide bonds. The Hall–Kier alpha value is -2.01. The van der Waals surface area contributed by atoms with E-state index < -0.39 is 0 Å². The van der Waals surface area contributed by atoms with Crippen molar-refractivity contribution >= 4 is 22.5 Å². The lowest BCUT2D eigenvalue weighted by Gasteiger charge is -2.26. The smallest absolute Gasteiger partial charge is 0.253 e. The Morgan fingerprint density at radius 1 is 1.38 bits per heavy atom. The fraction of sp³-hybridized carbons (Fsp3) is 0.438. The second-order valence-corrected chi connectivity index (χ2v) is 6.06. The number of aromatic nitrogens is 1. The Balaban J connectivity index is 1.76. The van der Waals surface area contributed by atoms with Crippen molar-refractivity contribution in [3.8, 4) is 0 Å². The molecular formula is C16H21N3O2. The maximum absolute atomic E-state index is 12.4. The van der Waals surface area contributed by atoms with Crippen LogP contribution in [-0.2, 0) is 0 Å². The van der Waals surface area contributed by atoms with Crippen molar-refractivity contribution in [2.45, 2.75) is 25.7 Å². The van der Waals surface area contributed by atoms with Crippen LogP contribution in [0.5, 0.6) is 0 Å². The third-order valence-electron chi connectivity index (χ3n) is 4.57. The number of fused-ring (bicyclic) bond motifs is 1. The van der Waals surface area contributed by atoms with Gasteiger partial charge in [0.15, 0.2) is 0 Å². The molecule has 5 nitrogen and oxygen atoms in total. The highest BCUT2D eigenvalue weighted by atomic mass is 16.3. The number of nitrogens with two attached hydrogens (primary N) is 1. The minimum absolute atomic E-state index is 0.119. The molecule has 0 bridgehead atoms. The second kappa shape index (κ2) is 5.41. The fourth-order valence-electron chi connectivity index (χ4n) is 3.20. The molecule has 112 valence electrons. The van der Waals surface area contributed by atoms with Crippen molar-refractivity contribution in [1.82, 2.24) is 10.3 Å². The molecule has 0 aliphatic heterocycles. The van der Waals surface area contributed by atoms with Gasteiger partial charge in [0.05, 0.1) is 12.2 Å². The first-order chi connectivity index (χ1) is 10.1. The number of benzene rings is 1. The number of H-pyrrole nitrogens is 1. The minimum atomic E-state index is -0.138. The zero-order valence-corrected chi connectivity index (χ0v) is 12.0. The highest BCUT2D eigenvalue weighted by Gasteiger charge is 2.33. The third kappa shape index (κ3) is 2.61. The van der Waals surface area contributed by atoms with Crippen LogP contribution >= 0.6 is 0 Å². The Kier molecular flexibility index (Phi) is 3.59. The summed E-state index contributed by atoms with van der Waals surface area (Å²) in [5, 5.41) is 13.4. The van der Waals surface area contributed by atoms with Crippen LogP contribution in [-0.4, -0.2) is 29.1 Å². The van der Waals surface area contributed by atoms with Crippen LogP contribution in [0.2, 0.25) is 0 Å². The Labute approximate surface area is 123 Å². The molecule has 0 unspecified atom stereocenters. The first-order valence-electron chi connectivity index (χ1n) is 7.39. The lowest BCUT2D eigenvalue weighted by Crippen LogP contribution is -2.38. The molecule has 1 aliphatic rings. The molecular weight excluding hydrogens is 266 g/mol. The maximum atomic E-state index is 12.4. The van der Waals surface area contributed by atoms with Gasteiger partial charge in [0.1, 0.15) is 0 Å². The topological polar surface area (TPSA) is 91.1 Å². The number of nitrogens with one attached hydrogen (secondary N) is 2. The Morgan fingerprint density at radius 2 is 2.14 bits per heavy atom. The quantitative estimate of drug-likeness (QED) is 0.648. The highest BCUT2D eigenvalue weighted by Crippen LogP contribution is 2.37. The van der Waals surface area contributed by atoms with Crippen molar-refractivity contribution in [3.05, 3.63) is 30.0 Å². The van der Waals surface area contributed by atoms with Gasteiger partial charge in [-0.2, -0.15) is 0 Å². The van der Waals surface area contributed by atoms with Gasteiger partial charge in [0.2, 0.25) is 0 Å². The van der Waals surface area contributed by atoms with E-state index in [1.165, 1.54) is 0 Å².